The number of hydrogen-bond donors (Lipinski definition) is 0. The molecule has 11 heteroatoms. The molecule has 0 atom stereocenters. The maximum absolute atomic E-state index is 13.6. The SMILES string of the molecule is COc1cc(N2CCN(C(=O)Cn3nc(C(F)(F)F)c(C)c3CN3CCOCC3)CC2)ccc1C. The minimum atomic E-state index is -4.57. The second kappa shape index (κ2) is 10.4. The number of carbonyl (C=O) groups is 1. The summed E-state index contributed by atoms with van der Waals surface area (Å²) in [4.78, 5) is 19.0. The zero-order valence-electron chi connectivity index (χ0n) is 20.4. The number of halogens is 3. The van der Waals surface area contributed by atoms with Gasteiger partial charge < -0.3 is 19.3 Å². The van der Waals surface area contributed by atoms with Crippen LogP contribution in [-0.4, -0.2) is 85.1 Å². The van der Waals surface area contributed by atoms with E-state index in [-0.39, 0.29) is 18.0 Å². The lowest BCUT2D eigenvalue weighted by Gasteiger charge is -2.36. The Morgan fingerprint density at radius 1 is 1.09 bits per heavy atom. The maximum atomic E-state index is 13.6. The molecule has 1 aromatic heterocycles. The van der Waals surface area contributed by atoms with Gasteiger partial charge >= 0.3 is 6.18 Å². The third kappa shape index (κ3) is 5.72. The van der Waals surface area contributed by atoms with E-state index in [1.54, 1.807) is 12.0 Å². The van der Waals surface area contributed by atoms with Crippen LogP contribution >= 0.6 is 0 Å². The van der Waals surface area contributed by atoms with Crippen molar-refractivity contribution in [3.05, 3.63) is 40.7 Å². The Kier molecular flexibility index (Phi) is 7.56. The summed E-state index contributed by atoms with van der Waals surface area (Å²) in [5, 5.41) is 3.83. The fourth-order valence-electron chi connectivity index (χ4n) is 4.61. The van der Waals surface area contributed by atoms with Crippen molar-refractivity contribution in [1.29, 1.82) is 0 Å². The minimum Gasteiger partial charge on any atom is -0.496 e. The first-order valence-corrected chi connectivity index (χ1v) is 11.8. The van der Waals surface area contributed by atoms with Gasteiger partial charge in [0.15, 0.2) is 5.69 Å². The monoisotopic (exact) mass is 495 g/mol. The van der Waals surface area contributed by atoms with Crippen molar-refractivity contribution in [3.63, 3.8) is 0 Å². The van der Waals surface area contributed by atoms with E-state index in [0.717, 1.165) is 17.0 Å². The van der Waals surface area contributed by atoms with Crippen LogP contribution in [0.1, 0.15) is 22.5 Å². The number of aromatic nitrogens is 2. The van der Waals surface area contributed by atoms with Crippen LogP contribution in [0.15, 0.2) is 18.2 Å². The number of alkyl halides is 3. The molecule has 4 rings (SSSR count). The highest BCUT2D eigenvalue weighted by Gasteiger charge is 2.38. The predicted molar refractivity (Wildman–Crippen MR) is 125 cm³/mol. The average molecular weight is 496 g/mol. The highest BCUT2D eigenvalue weighted by atomic mass is 19.4. The zero-order valence-corrected chi connectivity index (χ0v) is 20.4. The molecule has 0 bridgehead atoms. The van der Waals surface area contributed by atoms with Crippen molar-refractivity contribution in [2.24, 2.45) is 0 Å². The summed E-state index contributed by atoms with van der Waals surface area (Å²) in [6, 6.07) is 6.01. The lowest BCUT2D eigenvalue weighted by Crippen LogP contribution is -2.49. The molecule has 2 saturated heterocycles. The topological polar surface area (TPSA) is 63.1 Å². The Labute approximate surface area is 203 Å². The van der Waals surface area contributed by atoms with Gasteiger partial charge in [0.2, 0.25) is 5.91 Å². The largest absolute Gasteiger partial charge is 0.496 e. The van der Waals surface area contributed by atoms with Gasteiger partial charge in [-0.25, -0.2) is 0 Å². The van der Waals surface area contributed by atoms with Crippen molar-refractivity contribution in [2.45, 2.75) is 33.1 Å². The van der Waals surface area contributed by atoms with Gasteiger partial charge in [0.1, 0.15) is 12.3 Å². The number of anilines is 1. The van der Waals surface area contributed by atoms with Crippen LogP contribution in [0.25, 0.3) is 0 Å². The standard InChI is InChI=1S/C24H32F3N5O3/c1-17-4-5-19(14-21(17)34-3)30-6-8-31(9-7-30)22(33)16-32-20(15-29-10-12-35-13-11-29)18(2)23(28-32)24(25,26)27/h4-5,14H,6-13,15-16H2,1-3H3. The van der Waals surface area contributed by atoms with Crippen LogP contribution in [0.2, 0.25) is 0 Å². The van der Waals surface area contributed by atoms with Gasteiger partial charge in [0.05, 0.1) is 26.0 Å². The first-order chi connectivity index (χ1) is 16.7. The highest BCUT2D eigenvalue weighted by Crippen LogP contribution is 2.33. The van der Waals surface area contributed by atoms with Crippen LogP contribution in [0, 0.1) is 13.8 Å². The summed E-state index contributed by atoms with van der Waals surface area (Å²) in [5.74, 6) is 0.578. The normalized spacial score (nSPS) is 17.7. The summed E-state index contributed by atoms with van der Waals surface area (Å²) in [7, 11) is 1.64. The van der Waals surface area contributed by atoms with E-state index in [1.165, 1.54) is 11.6 Å². The molecule has 1 amide bonds. The molecule has 1 aromatic carbocycles. The molecule has 2 aliphatic heterocycles. The van der Waals surface area contributed by atoms with E-state index in [2.05, 4.69) is 10.00 Å². The number of piperazine rings is 1. The first-order valence-electron chi connectivity index (χ1n) is 11.8. The zero-order chi connectivity index (χ0) is 25.2. The number of benzene rings is 1. The Morgan fingerprint density at radius 2 is 1.77 bits per heavy atom. The van der Waals surface area contributed by atoms with Gasteiger partial charge in [-0.3, -0.25) is 14.4 Å². The number of hydrogen-bond acceptors (Lipinski definition) is 6. The number of ether oxygens (including phenoxy) is 2. The molecule has 192 valence electrons. The summed E-state index contributed by atoms with van der Waals surface area (Å²) in [6.45, 7) is 8.07. The molecule has 0 radical (unpaired) electrons. The molecule has 0 aliphatic carbocycles. The Balaban J connectivity index is 1.44. The number of morpholine rings is 1. The lowest BCUT2D eigenvalue weighted by atomic mass is 10.1. The number of amides is 1. The lowest BCUT2D eigenvalue weighted by molar-refractivity contribution is -0.142. The van der Waals surface area contributed by atoms with E-state index in [0.29, 0.717) is 64.7 Å². The van der Waals surface area contributed by atoms with Crippen molar-refractivity contribution < 1.29 is 27.4 Å². The van der Waals surface area contributed by atoms with Gasteiger partial charge in [-0.05, 0) is 25.5 Å². The van der Waals surface area contributed by atoms with E-state index in [4.69, 9.17) is 9.47 Å². The van der Waals surface area contributed by atoms with Crippen LogP contribution in [0.4, 0.5) is 18.9 Å². The predicted octanol–water partition coefficient (Wildman–Crippen LogP) is 2.71. The van der Waals surface area contributed by atoms with E-state index in [1.807, 2.05) is 30.0 Å². The first kappa shape index (κ1) is 25.3. The molecule has 0 N–H and O–H groups in total. The molecule has 0 spiro atoms. The van der Waals surface area contributed by atoms with Crippen LogP contribution in [0.3, 0.4) is 0 Å². The molecule has 0 unspecified atom stereocenters. The van der Waals surface area contributed by atoms with Crippen molar-refractivity contribution >= 4 is 11.6 Å². The molecular formula is C24H32F3N5O3. The van der Waals surface area contributed by atoms with Gasteiger partial charge in [-0.1, -0.05) is 6.07 Å². The molecule has 2 fully saturated rings. The fraction of sp³-hybridized carbons (Fsp3) is 0.583. The van der Waals surface area contributed by atoms with Gasteiger partial charge in [-0.15, -0.1) is 0 Å². The Bertz CT molecular complexity index is 1040. The molecular weight excluding hydrogens is 463 g/mol. The average Bonchev–Trinajstić information content (AvgIpc) is 3.15. The summed E-state index contributed by atoms with van der Waals surface area (Å²) < 4.78 is 52.7. The van der Waals surface area contributed by atoms with Crippen molar-refractivity contribution in [1.82, 2.24) is 19.6 Å². The minimum absolute atomic E-state index is 0.0786. The number of nitrogens with zero attached hydrogens (tertiary/aromatic N) is 5. The Hall–Kier alpha value is -2.79. The summed E-state index contributed by atoms with van der Waals surface area (Å²) >= 11 is 0. The van der Waals surface area contributed by atoms with E-state index < -0.39 is 11.9 Å². The molecule has 2 aromatic rings. The smallest absolute Gasteiger partial charge is 0.435 e. The van der Waals surface area contributed by atoms with Crippen molar-refractivity contribution in [3.8, 4) is 5.75 Å². The second-order valence-electron chi connectivity index (χ2n) is 8.99. The fourth-order valence-corrected chi connectivity index (χ4v) is 4.61. The molecule has 0 saturated carbocycles. The maximum Gasteiger partial charge on any atom is 0.435 e. The molecule has 2 aliphatic rings. The summed E-state index contributed by atoms with van der Waals surface area (Å²) in [6.07, 6.45) is -4.57. The van der Waals surface area contributed by atoms with E-state index >= 15 is 0 Å². The van der Waals surface area contributed by atoms with Crippen LogP contribution in [0.5, 0.6) is 5.75 Å². The van der Waals surface area contributed by atoms with Gasteiger partial charge in [-0.2, -0.15) is 18.3 Å². The number of rotatable bonds is 6. The molecule has 3 heterocycles. The van der Waals surface area contributed by atoms with Crippen LogP contribution in [-0.2, 0) is 28.8 Å². The molecule has 35 heavy (non-hydrogen) atoms. The Morgan fingerprint density at radius 3 is 2.40 bits per heavy atom. The van der Waals surface area contributed by atoms with Gasteiger partial charge in [0, 0.05) is 63.1 Å². The number of aryl methyl sites for hydroxylation is 1. The molecule has 8 nitrogen and oxygen atoms in total. The second-order valence-corrected chi connectivity index (χ2v) is 8.99. The van der Waals surface area contributed by atoms with E-state index in [9.17, 15) is 18.0 Å². The third-order valence-corrected chi connectivity index (χ3v) is 6.74. The van der Waals surface area contributed by atoms with Crippen LogP contribution < -0.4 is 9.64 Å². The van der Waals surface area contributed by atoms with Gasteiger partial charge in [0.25, 0.3) is 0 Å². The third-order valence-electron chi connectivity index (χ3n) is 6.74. The quantitative estimate of drug-likeness (QED) is 0.614. The number of carbonyl (C=O) groups excluding carboxylic acids is 1. The van der Waals surface area contributed by atoms with Crippen molar-refractivity contribution in [2.75, 3.05) is 64.5 Å². The highest BCUT2D eigenvalue weighted by molar-refractivity contribution is 5.76. The summed E-state index contributed by atoms with van der Waals surface area (Å²) in [5.41, 5.74) is 1.65. The number of methoxy groups -OCH3 is 1.